The number of nitrogens with one attached hydrogen (secondary N) is 1. The van der Waals surface area contributed by atoms with Crippen LogP contribution in [0.15, 0.2) is 54.6 Å². The summed E-state index contributed by atoms with van der Waals surface area (Å²) >= 11 is 0. The Labute approximate surface area is 155 Å². The maximum absolute atomic E-state index is 12.2. The van der Waals surface area contributed by atoms with Gasteiger partial charge >= 0.3 is 0 Å². The Morgan fingerprint density at radius 1 is 1.16 bits per heavy atom. The third-order valence-electron chi connectivity index (χ3n) is 4.16. The molecule has 3 N–H and O–H groups in total. The second-order valence-electron chi connectivity index (χ2n) is 6.43. The topological polar surface area (TPSA) is 64.4 Å². The molecule has 0 spiro atoms. The number of carbonyl (C=O) groups is 1. The molecule has 134 valence electrons. The molecule has 3 rings (SSSR count). The van der Waals surface area contributed by atoms with Crippen molar-refractivity contribution in [3.05, 3.63) is 65.7 Å². The molecule has 1 unspecified atom stereocenters. The highest BCUT2D eigenvalue weighted by molar-refractivity contribution is 5.91. The van der Waals surface area contributed by atoms with Gasteiger partial charge in [0.2, 0.25) is 5.91 Å². The Morgan fingerprint density at radius 2 is 1.92 bits per heavy atom. The molecular formula is C20H25ClN2O2. The molecule has 0 aromatic heterocycles. The predicted molar refractivity (Wildman–Crippen MR) is 103 cm³/mol. The van der Waals surface area contributed by atoms with E-state index in [4.69, 9.17) is 10.5 Å². The first-order valence-electron chi connectivity index (χ1n) is 8.48. The van der Waals surface area contributed by atoms with Gasteiger partial charge in [-0.25, -0.2) is 0 Å². The molecule has 5 heteroatoms. The van der Waals surface area contributed by atoms with E-state index in [0.29, 0.717) is 6.61 Å². The van der Waals surface area contributed by atoms with Crippen LogP contribution in [0.5, 0.6) is 0 Å². The van der Waals surface area contributed by atoms with E-state index < -0.39 is 0 Å². The molecule has 4 nitrogen and oxygen atoms in total. The van der Waals surface area contributed by atoms with Crippen LogP contribution in [0.3, 0.4) is 0 Å². The largest absolute Gasteiger partial charge is 0.376 e. The van der Waals surface area contributed by atoms with Crippen molar-refractivity contribution in [3.63, 3.8) is 0 Å². The van der Waals surface area contributed by atoms with Crippen LogP contribution in [0.4, 0.5) is 5.69 Å². The zero-order valence-electron chi connectivity index (χ0n) is 14.2. The van der Waals surface area contributed by atoms with Gasteiger partial charge in [-0.3, -0.25) is 4.79 Å². The van der Waals surface area contributed by atoms with Crippen molar-refractivity contribution in [2.75, 3.05) is 11.9 Å². The van der Waals surface area contributed by atoms with Crippen LogP contribution < -0.4 is 11.1 Å². The summed E-state index contributed by atoms with van der Waals surface area (Å²) in [5.74, 6) is 0.676. The normalized spacial score (nSPS) is 14.4. The van der Waals surface area contributed by atoms with E-state index in [2.05, 4.69) is 5.32 Å². The van der Waals surface area contributed by atoms with Crippen molar-refractivity contribution in [2.24, 2.45) is 11.7 Å². The maximum atomic E-state index is 12.2. The van der Waals surface area contributed by atoms with Gasteiger partial charge in [0, 0.05) is 24.8 Å². The Kier molecular flexibility index (Phi) is 7.44. The van der Waals surface area contributed by atoms with Crippen molar-refractivity contribution in [1.82, 2.24) is 0 Å². The second kappa shape index (κ2) is 9.56. The van der Waals surface area contributed by atoms with E-state index >= 15 is 0 Å². The molecule has 1 fully saturated rings. The van der Waals surface area contributed by atoms with E-state index in [1.54, 1.807) is 0 Å². The molecule has 0 radical (unpaired) electrons. The number of ether oxygens (including phenoxy) is 1. The van der Waals surface area contributed by atoms with Gasteiger partial charge in [-0.05, 0) is 42.0 Å². The summed E-state index contributed by atoms with van der Waals surface area (Å²) in [6, 6.07) is 17.2. The number of halogens is 1. The fourth-order valence-corrected chi connectivity index (χ4v) is 2.60. The fraction of sp³-hybridized carbons (Fsp3) is 0.350. The Bertz CT molecular complexity index is 674. The highest BCUT2D eigenvalue weighted by atomic mass is 35.5. The van der Waals surface area contributed by atoms with Gasteiger partial charge in [-0.15, -0.1) is 12.4 Å². The van der Waals surface area contributed by atoms with Crippen molar-refractivity contribution >= 4 is 24.0 Å². The number of benzene rings is 2. The molecule has 1 atom stereocenters. The van der Waals surface area contributed by atoms with Crippen LogP contribution in [0, 0.1) is 5.92 Å². The number of amides is 1. The molecule has 1 aliphatic carbocycles. The van der Waals surface area contributed by atoms with Crippen LogP contribution in [-0.4, -0.2) is 12.5 Å². The smallest absolute Gasteiger partial charge is 0.226 e. The number of anilines is 1. The molecule has 0 aliphatic heterocycles. The third-order valence-corrected chi connectivity index (χ3v) is 4.16. The zero-order chi connectivity index (χ0) is 16.8. The zero-order valence-corrected chi connectivity index (χ0v) is 15.0. The van der Waals surface area contributed by atoms with Gasteiger partial charge in [-0.1, -0.05) is 42.5 Å². The van der Waals surface area contributed by atoms with Crippen molar-refractivity contribution in [3.8, 4) is 0 Å². The minimum atomic E-state index is -0.295. The minimum absolute atomic E-state index is 0. The summed E-state index contributed by atoms with van der Waals surface area (Å²) in [6.45, 7) is 1.42. The molecule has 0 saturated heterocycles. The van der Waals surface area contributed by atoms with Crippen LogP contribution in [0.1, 0.15) is 36.4 Å². The van der Waals surface area contributed by atoms with Crippen LogP contribution >= 0.6 is 12.4 Å². The molecule has 1 amide bonds. The highest BCUT2D eigenvalue weighted by Gasteiger charge is 2.21. The summed E-state index contributed by atoms with van der Waals surface area (Å²) in [5, 5.41) is 2.92. The van der Waals surface area contributed by atoms with E-state index in [1.807, 2.05) is 54.6 Å². The lowest BCUT2D eigenvalue weighted by molar-refractivity contribution is -0.116. The van der Waals surface area contributed by atoms with Crippen molar-refractivity contribution in [1.29, 1.82) is 0 Å². The average Bonchev–Trinajstić information content (AvgIpc) is 3.40. The lowest BCUT2D eigenvalue weighted by atomic mass is 10.0. The monoisotopic (exact) mass is 360 g/mol. The quantitative estimate of drug-likeness (QED) is 0.746. The number of hydrogen-bond acceptors (Lipinski definition) is 3. The minimum Gasteiger partial charge on any atom is -0.376 e. The summed E-state index contributed by atoms with van der Waals surface area (Å²) in [7, 11) is 0. The highest BCUT2D eigenvalue weighted by Crippen LogP contribution is 2.29. The van der Waals surface area contributed by atoms with Crippen LogP contribution in [0.25, 0.3) is 0 Å². The summed E-state index contributed by atoms with van der Waals surface area (Å²) in [5.41, 5.74) is 8.92. The molecule has 1 aliphatic rings. The van der Waals surface area contributed by atoms with E-state index in [-0.39, 0.29) is 30.8 Å². The second-order valence-corrected chi connectivity index (χ2v) is 6.43. The first-order chi connectivity index (χ1) is 11.7. The Hall–Kier alpha value is -1.88. The molecule has 0 heterocycles. The standard InChI is InChI=1S/C20H24N2O2.ClH/c21-19(17-6-2-1-3-7-17)12-20(23)22-18-8-4-5-16(11-18)14-24-13-15-9-10-15;/h1-8,11,15,19H,9-10,12-14,21H2,(H,22,23);1H. The van der Waals surface area contributed by atoms with Crippen molar-refractivity contribution in [2.45, 2.75) is 31.9 Å². The molecular weight excluding hydrogens is 336 g/mol. The fourth-order valence-electron chi connectivity index (χ4n) is 2.60. The Balaban J connectivity index is 0.00000225. The number of hydrogen-bond donors (Lipinski definition) is 2. The molecule has 0 bridgehead atoms. The van der Waals surface area contributed by atoms with Gasteiger partial charge in [0.25, 0.3) is 0 Å². The molecule has 1 saturated carbocycles. The average molecular weight is 361 g/mol. The van der Waals surface area contributed by atoms with Crippen LogP contribution in [0.2, 0.25) is 0 Å². The van der Waals surface area contributed by atoms with Crippen molar-refractivity contribution < 1.29 is 9.53 Å². The summed E-state index contributed by atoms with van der Waals surface area (Å²) in [4.78, 5) is 12.2. The predicted octanol–water partition coefficient (Wildman–Crippen LogP) is 4.06. The first-order valence-corrected chi connectivity index (χ1v) is 8.48. The van der Waals surface area contributed by atoms with Gasteiger partial charge in [0.05, 0.1) is 6.61 Å². The van der Waals surface area contributed by atoms with E-state index in [9.17, 15) is 4.79 Å². The van der Waals surface area contributed by atoms with Gasteiger partial charge in [-0.2, -0.15) is 0 Å². The molecule has 2 aromatic rings. The summed E-state index contributed by atoms with van der Waals surface area (Å²) < 4.78 is 5.69. The van der Waals surface area contributed by atoms with Gasteiger partial charge in [0.15, 0.2) is 0 Å². The Morgan fingerprint density at radius 3 is 2.64 bits per heavy atom. The molecule has 25 heavy (non-hydrogen) atoms. The SMILES string of the molecule is Cl.NC(CC(=O)Nc1cccc(COCC2CC2)c1)c1ccccc1. The first kappa shape index (κ1) is 19.4. The van der Waals surface area contributed by atoms with Crippen LogP contribution in [-0.2, 0) is 16.1 Å². The van der Waals surface area contributed by atoms with E-state index in [1.165, 1.54) is 12.8 Å². The maximum Gasteiger partial charge on any atom is 0.226 e. The number of nitrogens with two attached hydrogens (primary N) is 1. The lowest BCUT2D eigenvalue weighted by Crippen LogP contribution is -2.20. The van der Waals surface area contributed by atoms with E-state index in [0.717, 1.165) is 29.3 Å². The summed E-state index contributed by atoms with van der Waals surface area (Å²) in [6.07, 6.45) is 2.84. The van der Waals surface area contributed by atoms with Gasteiger partial charge in [0.1, 0.15) is 0 Å². The third kappa shape index (κ3) is 6.50. The number of rotatable bonds is 8. The lowest BCUT2D eigenvalue weighted by Gasteiger charge is -2.13. The number of carbonyl (C=O) groups excluding carboxylic acids is 1. The molecule has 2 aromatic carbocycles. The van der Waals surface area contributed by atoms with Gasteiger partial charge < -0.3 is 15.8 Å².